The Labute approximate surface area is 193 Å². The van der Waals surface area contributed by atoms with Gasteiger partial charge >= 0.3 is 5.97 Å². The molecule has 0 aliphatic heterocycles. The number of carbonyl (C=O) groups is 1. The number of aromatic nitrogens is 1. The van der Waals surface area contributed by atoms with E-state index in [2.05, 4.69) is 5.32 Å². The lowest BCUT2D eigenvalue weighted by atomic mass is 9.93. The number of aromatic carboxylic acids is 1. The quantitative estimate of drug-likeness (QED) is 0.509. The molecule has 0 radical (unpaired) electrons. The summed E-state index contributed by atoms with van der Waals surface area (Å²) in [6, 6.07) is 3.47. The lowest BCUT2D eigenvalue weighted by Gasteiger charge is -2.21. The number of nitrogens with one attached hydrogen (secondary N) is 1. The third-order valence-corrected chi connectivity index (χ3v) is 7.68. The highest BCUT2D eigenvalue weighted by atomic mass is 35.5. The predicted octanol–water partition coefficient (Wildman–Crippen LogP) is 5.57. The fourth-order valence-electron chi connectivity index (χ4n) is 4.44. The third-order valence-electron chi connectivity index (χ3n) is 6.09. The second kappa shape index (κ2) is 8.20. The summed E-state index contributed by atoms with van der Waals surface area (Å²) >= 11 is 8.28. The van der Waals surface area contributed by atoms with Crippen LogP contribution in [0.25, 0.3) is 21.3 Å². The Morgan fingerprint density at radius 1 is 1.32 bits per heavy atom. The van der Waals surface area contributed by atoms with E-state index >= 15 is 4.39 Å². The van der Waals surface area contributed by atoms with E-state index in [1.807, 2.05) is 13.1 Å². The number of carboxylic acids is 1. The zero-order valence-corrected chi connectivity index (χ0v) is 19.1. The molecule has 2 heterocycles. The zero-order valence-electron chi connectivity index (χ0n) is 16.7. The number of hydrogen-bond donors (Lipinski definition) is 2. The molecular formula is C22H21Cl2FN2O3S. The van der Waals surface area contributed by atoms with Gasteiger partial charge in [-0.3, -0.25) is 4.79 Å². The van der Waals surface area contributed by atoms with Crippen LogP contribution in [0.15, 0.2) is 23.1 Å². The third kappa shape index (κ3) is 3.57. The van der Waals surface area contributed by atoms with Crippen molar-refractivity contribution < 1.29 is 14.3 Å². The van der Waals surface area contributed by atoms with E-state index in [-0.39, 0.29) is 46.0 Å². The molecule has 2 aliphatic rings. The van der Waals surface area contributed by atoms with Crippen LogP contribution >= 0.6 is 35.3 Å². The Morgan fingerprint density at radius 3 is 2.71 bits per heavy atom. The van der Waals surface area contributed by atoms with Gasteiger partial charge in [0, 0.05) is 33.6 Å². The van der Waals surface area contributed by atoms with Gasteiger partial charge in [0.2, 0.25) is 5.43 Å². The number of aryl methyl sites for hydroxylation is 1. The highest BCUT2D eigenvalue weighted by Gasteiger charge is 2.30. The first-order chi connectivity index (χ1) is 14.4. The predicted molar refractivity (Wildman–Crippen MR) is 124 cm³/mol. The van der Waals surface area contributed by atoms with Crippen LogP contribution in [0.1, 0.15) is 58.6 Å². The van der Waals surface area contributed by atoms with Crippen LogP contribution < -0.4 is 10.7 Å². The summed E-state index contributed by atoms with van der Waals surface area (Å²) in [6.07, 6.45) is 6.17. The van der Waals surface area contributed by atoms with Crippen LogP contribution in [0.4, 0.5) is 4.39 Å². The van der Waals surface area contributed by atoms with Gasteiger partial charge in [-0.25, -0.2) is 9.18 Å². The minimum atomic E-state index is -1.32. The number of pyridine rings is 1. The van der Waals surface area contributed by atoms with Crippen LogP contribution in [0.5, 0.6) is 0 Å². The molecular weight excluding hydrogens is 462 g/mol. The number of benzene rings is 1. The first-order valence-corrected chi connectivity index (χ1v) is 11.2. The SMILES string of the molecule is CNC1CCCc2sc(-c3c(F)cc4c(=O)c(C(=O)O)cn(C5CC5)c4c3Cl)cc21.Cl. The molecule has 1 unspecified atom stereocenters. The van der Waals surface area contributed by atoms with Crippen LogP contribution in [0.3, 0.4) is 0 Å². The van der Waals surface area contributed by atoms with E-state index in [0.29, 0.717) is 5.52 Å². The number of nitrogens with zero attached hydrogens (tertiary/aromatic N) is 1. The molecule has 2 aromatic heterocycles. The van der Waals surface area contributed by atoms with Crippen molar-refractivity contribution in [3.05, 3.63) is 55.4 Å². The Kier molecular flexibility index (Phi) is 5.89. The fraction of sp³-hybridized carbons (Fsp3) is 0.364. The second-order valence-corrected chi connectivity index (χ2v) is 9.50. The van der Waals surface area contributed by atoms with Gasteiger partial charge in [-0.2, -0.15) is 0 Å². The topological polar surface area (TPSA) is 71.3 Å². The van der Waals surface area contributed by atoms with E-state index in [0.717, 1.165) is 43.0 Å². The molecule has 2 N–H and O–H groups in total. The summed E-state index contributed by atoms with van der Waals surface area (Å²) in [4.78, 5) is 26.2. The average molecular weight is 483 g/mol. The summed E-state index contributed by atoms with van der Waals surface area (Å²) in [7, 11) is 1.93. The minimum Gasteiger partial charge on any atom is -0.477 e. The smallest absolute Gasteiger partial charge is 0.341 e. The first kappa shape index (κ1) is 22.3. The Balaban J connectivity index is 0.00000231. The van der Waals surface area contributed by atoms with Crippen molar-refractivity contribution in [3.8, 4) is 10.4 Å². The molecule has 1 fully saturated rings. The molecule has 3 aromatic rings. The van der Waals surface area contributed by atoms with E-state index in [4.69, 9.17) is 11.6 Å². The van der Waals surface area contributed by atoms with Gasteiger partial charge in [0.25, 0.3) is 0 Å². The lowest BCUT2D eigenvalue weighted by molar-refractivity contribution is 0.0695. The van der Waals surface area contributed by atoms with Crippen LogP contribution in [0, 0.1) is 5.82 Å². The largest absolute Gasteiger partial charge is 0.477 e. The molecule has 0 saturated heterocycles. The van der Waals surface area contributed by atoms with Crippen molar-refractivity contribution in [2.75, 3.05) is 7.05 Å². The highest BCUT2D eigenvalue weighted by Crippen LogP contribution is 2.46. The number of thiophene rings is 1. The van der Waals surface area contributed by atoms with E-state index in [1.165, 1.54) is 16.6 Å². The van der Waals surface area contributed by atoms with Gasteiger partial charge in [0.05, 0.1) is 15.9 Å². The van der Waals surface area contributed by atoms with Crippen LogP contribution in [0.2, 0.25) is 5.02 Å². The summed E-state index contributed by atoms with van der Waals surface area (Å²) in [5, 5.41) is 12.9. The maximum Gasteiger partial charge on any atom is 0.341 e. The minimum absolute atomic E-state index is 0. The standard InChI is InChI=1S/C22H20ClFN2O3S.ClH/c1-25-15-3-2-4-16-11(15)8-17(30-16)18-14(24)7-12-20(19(18)23)26(10-5-6-10)9-13(21(12)27)22(28)29;/h7-10,15,25H,2-6H2,1H3,(H,28,29);1H. The van der Waals surface area contributed by atoms with Crippen LogP contribution in [-0.2, 0) is 6.42 Å². The summed E-state index contributed by atoms with van der Waals surface area (Å²) in [6.45, 7) is 0. The van der Waals surface area contributed by atoms with Gasteiger partial charge in [-0.15, -0.1) is 23.7 Å². The van der Waals surface area contributed by atoms with Gasteiger partial charge < -0.3 is 15.0 Å². The van der Waals surface area contributed by atoms with Crippen molar-refractivity contribution in [2.24, 2.45) is 0 Å². The molecule has 164 valence electrons. The molecule has 5 rings (SSSR count). The number of halogens is 3. The second-order valence-electron chi connectivity index (χ2n) is 7.98. The fourth-order valence-corrected chi connectivity index (χ4v) is 6.20. The molecule has 1 aromatic carbocycles. The molecule has 1 saturated carbocycles. The Bertz CT molecular complexity index is 1270. The molecule has 0 bridgehead atoms. The van der Waals surface area contributed by atoms with E-state index < -0.39 is 17.2 Å². The molecule has 0 amide bonds. The normalized spacial score (nSPS) is 18.0. The maximum absolute atomic E-state index is 15.3. The monoisotopic (exact) mass is 482 g/mol. The van der Waals surface area contributed by atoms with Crippen molar-refractivity contribution in [1.82, 2.24) is 9.88 Å². The van der Waals surface area contributed by atoms with Gasteiger partial charge in [-0.1, -0.05) is 11.6 Å². The number of hydrogen-bond acceptors (Lipinski definition) is 4. The average Bonchev–Trinajstić information content (AvgIpc) is 3.46. The highest BCUT2D eigenvalue weighted by molar-refractivity contribution is 7.15. The molecule has 31 heavy (non-hydrogen) atoms. The first-order valence-electron chi connectivity index (χ1n) is 10.0. The van der Waals surface area contributed by atoms with E-state index in [1.54, 1.807) is 15.9 Å². The van der Waals surface area contributed by atoms with Crippen molar-refractivity contribution in [2.45, 2.75) is 44.2 Å². The summed E-state index contributed by atoms with van der Waals surface area (Å²) in [5.74, 6) is -1.92. The van der Waals surface area contributed by atoms with Crippen molar-refractivity contribution >= 4 is 52.2 Å². The van der Waals surface area contributed by atoms with E-state index in [9.17, 15) is 14.7 Å². The number of rotatable bonds is 4. The van der Waals surface area contributed by atoms with Crippen molar-refractivity contribution in [1.29, 1.82) is 0 Å². The van der Waals surface area contributed by atoms with Crippen LogP contribution in [-0.4, -0.2) is 22.7 Å². The van der Waals surface area contributed by atoms with Gasteiger partial charge in [-0.05, 0) is 56.8 Å². The Hall–Kier alpha value is -1.93. The molecule has 0 spiro atoms. The Morgan fingerprint density at radius 2 is 2.06 bits per heavy atom. The summed E-state index contributed by atoms with van der Waals surface area (Å²) in [5.41, 5.74) is 0.820. The van der Waals surface area contributed by atoms with Gasteiger partial charge in [0.1, 0.15) is 11.4 Å². The van der Waals surface area contributed by atoms with Crippen molar-refractivity contribution in [3.63, 3.8) is 0 Å². The lowest BCUT2D eigenvalue weighted by Crippen LogP contribution is -2.19. The molecule has 1 atom stereocenters. The summed E-state index contributed by atoms with van der Waals surface area (Å²) < 4.78 is 17.0. The number of fused-ring (bicyclic) bond motifs is 2. The van der Waals surface area contributed by atoms with Gasteiger partial charge in [0.15, 0.2) is 0 Å². The molecule has 2 aliphatic carbocycles. The molecule has 9 heteroatoms. The zero-order chi connectivity index (χ0) is 21.2. The number of carboxylic acid groups (broad SMARTS) is 1. The molecule has 5 nitrogen and oxygen atoms in total. The maximum atomic E-state index is 15.3.